The summed E-state index contributed by atoms with van der Waals surface area (Å²) in [5.41, 5.74) is 2.68. The van der Waals surface area contributed by atoms with Crippen molar-refractivity contribution in [3.8, 4) is 0 Å². The van der Waals surface area contributed by atoms with Gasteiger partial charge in [-0.05, 0) is 12.3 Å². The number of aliphatic imine (C=N–C) groups is 1. The Morgan fingerprint density at radius 2 is 1.87 bits per heavy atom. The molecular weight excluding hydrogens is 606 g/mol. The summed E-state index contributed by atoms with van der Waals surface area (Å²) < 4.78 is 41.9. The number of aromatic nitrogens is 2. The summed E-state index contributed by atoms with van der Waals surface area (Å²) in [5.74, 6) is -2.19. The molecule has 0 spiro atoms. The molecule has 0 aliphatic carbocycles. The Balaban J connectivity index is 1.21. The van der Waals surface area contributed by atoms with Gasteiger partial charge in [0.15, 0.2) is 11.6 Å². The van der Waals surface area contributed by atoms with Gasteiger partial charge in [-0.15, -0.1) is 5.73 Å². The zero-order chi connectivity index (χ0) is 33.0. The molecule has 16 heteroatoms. The van der Waals surface area contributed by atoms with Crippen LogP contribution >= 0.6 is 0 Å². The lowest BCUT2D eigenvalue weighted by Crippen LogP contribution is -2.55. The monoisotopic (exact) mass is 640 g/mol. The van der Waals surface area contributed by atoms with Crippen LogP contribution in [0.1, 0.15) is 30.8 Å². The number of hydrogen-bond donors (Lipinski definition) is 2. The third-order valence-corrected chi connectivity index (χ3v) is 7.58. The van der Waals surface area contributed by atoms with Crippen LogP contribution in [-0.2, 0) is 14.3 Å². The van der Waals surface area contributed by atoms with Gasteiger partial charge in [0.25, 0.3) is 5.91 Å². The molecular formula is C30H34F2N8O6. The van der Waals surface area contributed by atoms with Gasteiger partial charge in [-0.25, -0.2) is 28.3 Å². The smallest absolute Gasteiger partial charge is 0.414 e. The number of methoxy groups -OCH3 is 1. The highest BCUT2D eigenvalue weighted by Gasteiger charge is 2.35. The van der Waals surface area contributed by atoms with E-state index in [0.29, 0.717) is 12.4 Å². The maximum Gasteiger partial charge on any atom is 0.414 e. The average molecular weight is 641 g/mol. The maximum atomic E-state index is 15.3. The van der Waals surface area contributed by atoms with Gasteiger partial charge in [0.2, 0.25) is 11.9 Å². The fourth-order valence-corrected chi connectivity index (χ4v) is 5.37. The van der Waals surface area contributed by atoms with E-state index in [1.807, 2.05) is 13.8 Å². The Hall–Kier alpha value is -5.24. The first kappa shape index (κ1) is 32.2. The minimum absolute atomic E-state index is 0.0265. The first-order chi connectivity index (χ1) is 22.0. The largest absolute Gasteiger partial charge is 0.453 e. The highest BCUT2D eigenvalue weighted by atomic mass is 19.1. The number of halogens is 2. The number of carbonyl (C=O) groups excluding carboxylic acids is 4. The molecule has 1 aromatic carbocycles. The fraction of sp³-hybridized carbons (Fsp3) is 0.433. The number of hydrogen-bond acceptors (Lipinski definition) is 9. The number of allylic oxidation sites excluding steroid dienone is 1. The SMILES string of the molecule is COC(=O)NCC1CN(c2cc(F)c(N3CCN(C(=O)C(CC(C)C)NC(=O)c4cn5c(n4)N=CC=C=C5)CC3)c(F)c2)C(=O)O1. The van der Waals surface area contributed by atoms with Crippen LogP contribution < -0.4 is 20.4 Å². The van der Waals surface area contributed by atoms with Gasteiger partial charge in [-0.3, -0.25) is 19.1 Å². The number of rotatable bonds is 9. The van der Waals surface area contributed by atoms with Gasteiger partial charge < -0.3 is 29.9 Å². The second-order valence-corrected chi connectivity index (χ2v) is 11.3. The van der Waals surface area contributed by atoms with Gasteiger partial charge >= 0.3 is 12.2 Å². The van der Waals surface area contributed by atoms with Gasteiger partial charge in [-0.1, -0.05) is 13.8 Å². The van der Waals surface area contributed by atoms with Crippen molar-refractivity contribution in [3.05, 3.63) is 47.5 Å². The second-order valence-electron chi connectivity index (χ2n) is 11.3. The minimum Gasteiger partial charge on any atom is -0.453 e. The number of fused-ring (bicyclic) bond motifs is 1. The van der Waals surface area contributed by atoms with Crippen molar-refractivity contribution >= 4 is 53.7 Å². The van der Waals surface area contributed by atoms with E-state index >= 15 is 8.78 Å². The molecule has 4 amide bonds. The summed E-state index contributed by atoms with van der Waals surface area (Å²) in [5, 5.41) is 5.22. The Bertz CT molecular complexity index is 1590. The Kier molecular flexibility index (Phi) is 9.66. The van der Waals surface area contributed by atoms with E-state index in [1.165, 1.54) is 24.4 Å². The van der Waals surface area contributed by atoms with Crippen molar-refractivity contribution in [2.75, 3.05) is 56.2 Å². The predicted molar refractivity (Wildman–Crippen MR) is 163 cm³/mol. The van der Waals surface area contributed by atoms with Crippen LogP contribution in [0.5, 0.6) is 0 Å². The van der Waals surface area contributed by atoms with Gasteiger partial charge in [-0.2, -0.15) is 0 Å². The lowest BCUT2D eigenvalue weighted by atomic mass is 10.0. The van der Waals surface area contributed by atoms with Crippen LogP contribution in [0.3, 0.4) is 0 Å². The molecule has 2 fully saturated rings. The Labute approximate surface area is 263 Å². The normalized spacial score (nSPS) is 17.9. The molecule has 2 aromatic rings. The van der Waals surface area contributed by atoms with Crippen LogP contribution in [0.4, 0.5) is 35.7 Å². The first-order valence-corrected chi connectivity index (χ1v) is 14.7. The molecule has 2 unspecified atom stereocenters. The molecule has 0 bridgehead atoms. The molecule has 4 heterocycles. The molecule has 1 aromatic heterocycles. The summed E-state index contributed by atoms with van der Waals surface area (Å²) in [6.45, 7) is 4.43. The van der Waals surface area contributed by atoms with Crippen molar-refractivity contribution in [2.24, 2.45) is 10.9 Å². The van der Waals surface area contributed by atoms with Crippen molar-refractivity contribution in [1.29, 1.82) is 0 Å². The maximum absolute atomic E-state index is 15.3. The lowest BCUT2D eigenvalue weighted by Gasteiger charge is -2.38. The lowest BCUT2D eigenvalue weighted by molar-refractivity contribution is -0.134. The molecule has 46 heavy (non-hydrogen) atoms. The van der Waals surface area contributed by atoms with E-state index in [2.05, 4.69) is 31.1 Å². The number of piperazine rings is 1. The van der Waals surface area contributed by atoms with Gasteiger partial charge in [0.05, 0.1) is 32.1 Å². The quantitative estimate of drug-likeness (QED) is 0.398. The zero-order valence-corrected chi connectivity index (χ0v) is 25.5. The number of cyclic esters (lactones) is 1. The molecule has 14 nitrogen and oxygen atoms in total. The minimum atomic E-state index is -0.878. The van der Waals surface area contributed by atoms with E-state index in [0.717, 1.165) is 17.0 Å². The molecule has 3 aliphatic rings. The number of ether oxygens (including phenoxy) is 2. The number of carbonyl (C=O) groups is 4. The molecule has 2 atom stereocenters. The van der Waals surface area contributed by atoms with Crippen LogP contribution in [0.25, 0.3) is 6.20 Å². The zero-order valence-electron chi connectivity index (χ0n) is 25.5. The number of benzene rings is 1. The van der Waals surface area contributed by atoms with Crippen LogP contribution in [0.15, 0.2) is 35.1 Å². The third-order valence-electron chi connectivity index (χ3n) is 7.58. The summed E-state index contributed by atoms with van der Waals surface area (Å²) in [7, 11) is 1.19. The van der Waals surface area contributed by atoms with Crippen molar-refractivity contribution in [2.45, 2.75) is 32.4 Å². The predicted octanol–water partition coefficient (Wildman–Crippen LogP) is 2.68. The van der Waals surface area contributed by atoms with Crippen molar-refractivity contribution in [3.63, 3.8) is 0 Å². The number of amides is 4. The molecule has 0 radical (unpaired) electrons. The number of nitrogens with one attached hydrogen (secondary N) is 2. The van der Waals surface area contributed by atoms with Crippen molar-refractivity contribution < 1.29 is 37.4 Å². The molecule has 5 rings (SSSR count). The number of alkyl carbamates (subject to hydrolysis) is 1. The molecule has 2 N–H and O–H groups in total. The summed E-state index contributed by atoms with van der Waals surface area (Å²) >= 11 is 0. The third kappa shape index (κ3) is 7.18. The Morgan fingerprint density at radius 1 is 1.15 bits per heavy atom. The summed E-state index contributed by atoms with van der Waals surface area (Å²) in [4.78, 5) is 62.8. The number of nitrogens with zero attached hydrogens (tertiary/aromatic N) is 6. The van der Waals surface area contributed by atoms with Gasteiger partial charge in [0, 0.05) is 56.8 Å². The topological polar surface area (TPSA) is 151 Å². The highest BCUT2D eigenvalue weighted by Crippen LogP contribution is 2.31. The Morgan fingerprint density at radius 3 is 2.54 bits per heavy atom. The van der Waals surface area contributed by atoms with Crippen LogP contribution in [-0.4, -0.2) is 103 Å². The number of imidazole rings is 1. The van der Waals surface area contributed by atoms with Crippen LogP contribution in [0, 0.1) is 17.6 Å². The highest BCUT2D eigenvalue weighted by molar-refractivity contribution is 5.96. The second kappa shape index (κ2) is 13.8. The average Bonchev–Trinajstić information content (AvgIpc) is 3.54. The van der Waals surface area contributed by atoms with Crippen LogP contribution in [0.2, 0.25) is 0 Å². The standard InChI is InChI=1S/C30H34F2N8O6/c1-18(2)12-23(35-26(41)24-17-39-7-5-4-6-33-28(39)36-24)27(42)38-10-8-37(9-11-38)25-21(31)13-19(14-22(25)32)40-16-20(46-30(40)44)15-34-29(43)45-3/h4,6-7,13-14,17-18,20,23H,8-12,15-16H2,1-3H3,(H,34,43)(H,35,41). The fourth-order valence-electron chi connectivity index (χ4n) is 5.37. The molecule has 244 valence electrons. The molecule has 2 saturated heterocycles. The summed E-state index contributed by atoms with van der Waals surface area (Å²) in [6, 6.07) is 1.27. The van der Waals surface area contributed by atoms with Crippen molar-refractivity contribution in [1.82, 2.24) is 25.1 Å². The van der Waals surface area contributed by atoms with Gasteiger partial charge in [0.1, 0.15) is 23.5 Å². The molecule has 3 aliphatic heterocycles. The van der Waals surface area contributed by atoms with E-state index in [9.17, 15) is 19.2 Å². The van der Waals surface area contributed by atoms with E-state index in [1.54, 1.807) is 21.7 Å². The van der Waals surface area contributed by atoms with E-state index in [-0.39, 0.29) is 68.2 Å². The van der Waals surface area contributed by atoms with E-state index in [4.69, 9.17) is 4.74 Å². The molecule has 0 saturated carbocycles. The van der Waals surface area contributed by atoms with E-state index < -0.39 is 41.9 Å². The number of anilines is 2. The first-order valence-electron chi connectivity index (χ1n) is 14.7. The summed E-state index contributed by atoms with van der Waals surface area (Å²) in [6.07, 6.45) is 4.36.